The van der Waals surface area contributed by atoms with Crippen molar-refractivity contribution in [1.29, 1.82) is 0 Å². The lowest BCUT2D eigenvalue weighted by atomic mass is 10.2. The molecular weight excluding hydrogens is 614 g/mol. The van der Waals surface area contributed by atoms with Gasteiger partial charge in [-0.25, -0.2) is 13.8 Å². The zero-order chi connectivity index (χ0) is 33.1. The molecule has 1 atom stereocenters. The molecule has 2 aromatic carbocycles. The van der Waals surface area contributed by atoms with E-state index in [0.717, 1.165) is 25.7 Å². The molecular formula is C31H37F4N5O6. The number of hydrogen-bond donors (Lipinski definition) is 3. The first-order chi connectivity index (χ1) is 22.1. The van der Waals surface area contributed by atoms with Gasteiger partial charge in [0.2, 0.25) is 11.8 Å². The highest BCUT2D eigenvalue weighted by Gasteiger charge is 2.24. The molecule has 2 amide bonds. The fourth-order valence-corrected chi connectivity index (χ4v) is 4.63. The molecule has 4 N–H and O–H groups in total. The van der Waals surface area contributed by atoms with Gasteiger partial charge in [0.1, 0.15) is 11.6 Å². The van der Waals surface area contributed by atoms with Gasteiger partial charge < -0.3 is 35.0 Å². The molecule has 0 unspecified atom stereocenters. The van der Waals surface area contributed by atoms with Crippen molar-refractivity contribution in [2.45, 2.75) is 45.4 Å². The topological polar surface area (TPSA) is 141 Å². The second-order valence-corrected chi connectivity index (χ2v) is 10.6. The van der Waals surface area contributed by atoms with Crippen molar-refractivity contribution in [1.82, 2.24) is 20.5 Å². The SMILES string of the molecule is C[C@H](N)c1oc(-c2ccc(OC(F)F)c(OCCCCC(=O)NCCN3CCOCC3)c2)nc1C(=O)NCc1ccc(F)cc1F. The van der Waals surface area contributed by atoms with E-state index in [-0.39, 0.29) is 65.5 Å². The van der Waals surface area contributed by atoms with E-state index in [1.807, 2.05) is 0 Å². The van der Waals surface area contributed by atoms with E-state index in [0.29, 0.717) is 38.7 Å². The predicted octanol–water partition coefficient (Wildman–Crippen LogP) is 4.17. The zero-order valence-electron chi connectivity index (χ0n) is 25.3. The van der Waals surface area contributed by atoms with Crippen molar-refractivity contribution in [3.63, 3.8) is 0 Å². The lowest BCUT2D eigenvalue weighted by Gasteiger charge is -2.26. The number of nitrogens with zero attached hydrogens (tertiary/aromatic N) is 2. The average Bonchev–Trinajstić information content (AvgIpc) is 3.48. The molecule has 0 saturated carbocycles. The Balaban J connectivity index is 1.36. The lowest BCUT2D eigenvalue weighted by Crippen LogP contribution is -2.41. The van der Waals surface area contributed by atoms with Gasteiger partial charge in [-0.2, -0.15) is 8.78 Å². The van der Waals surface area contributed by atoms with Gasteiger partial charge in [-0.3, -0.25) is 14.5 Å². The first-order valence-corrected chi connectivity index (χ1v) is 14.9. The van der Waals surface area contributed by atoms with Crippen LogP contribution in [0.4, 0.5) is 17.6 Å². The Morgan fingerprint density at radius 2 is 1.85 bits per heavy atom. The van der Waals surface area contributed by atoms with Crippen LogP contribution in [-0.4, -0.2) is 74.3 Å². The summed E-state index contributed by atoms with van der Waals surface area (Å²) in [4.78, 5) is 31.6. The van der Waals surface area contributed by atoms with E-state index in [1.54, 1.807) is 6.92 Å². The second-order valence-electron chi connectivity index (χ2n) is 10.6. The molecule has 11 nitrogen and oxygen atoms in total. The molecule has 2 heterocycles. The van der Waals surface area contributed by atoms with Crippen LogP contribution < -0.4 is 25.8 Å². The van der Waals surface area contributed by atoms with Gasteiger partial charge in [-0.1, -0.05) is 6.07 Å². The van der Waals surface area contributed by atoms with E-state index in [2.05, 4.69) is 25.3 Å². The van der Waals surface area contributed by atoms with Crippen molar-refractivity contribution < 1.29 is 45.8 Å². The summed E-state index contributed by atoms with van der Waals surface area (Å²) in [5.41, 5.74) is 6.17. The van der Waals surface area contributed by atoms with E-state index in [9.17, 15) is 27.2 Å². The monoisotopic (exact) mass is 651 g/mol. The number of nitrogens with one attached hydrogen (secondary N) is 2. The third-order valence-corrected chi connectivity index (χ3v) is 7.05. The minimum atomic E-state index is -3.11. The quantitative estimate of drug-likeness (QED) is 0.154. The van der Waals surface area contributed by atoms with Crippen LogP contribution in [0, 0.1) is 11.6 Å². The molecule has 0 aliphatic carbocycles. The van der Waals surface area contributed by atoms with E-state index < -0.39 is 30.2 Å². The highest BCUT2D eigenvalue weighted by molar-refractivity contribution is 5.94. The molecule has 250 valence electrons. The molecule has 15 heteroatoms. The molecule has 4 rings (SSSR count). The Morgan fingerprint density at radius 1 is 1.07 bits per heavy atom. The molecule has 1 fully saturated rings. The number of oxazole rings is 1. The number of halogens is 4. The number of unbranched alkanes of at least 4 members (excludes halogenated alkanes) is 1. The van der Waals surface area contributed by atoms with Crippen molar-refractivity contribution in [2.75, 3.05) is 46.0 Å². The largest absolute Gasteiger partial charge is 0.490 e. The standard InChI is InChI=1S/C31H37F4N5O6/c1-19(36)28-27(29(42)38-18-21-5-7-22(32)17-23(21)33)39-30(46-28)20-6-8-24(45-31(34)35)25(16-20)44-13-3-2-4-26(41)37-9-10-40-11-14-43-15-12-40/h5-8,16-17,19,31H,2-4,9-15,18,36H2,1H3,(H,37,41)(H,38,42)/t19-/m0/s1. The van der Waals surface area contributed by atoms with Gasteiger partial charge in [-0.05, 0) is 44.0 Å². The average molecular weight is 652 g/mol. The van der Waals surface area contributed by atoms with Gasteiger partial charge in [0.05, 0.1) is 25.9 Å². The van der Waals surface area contributed by atoms with E-state index in [4.69, 9.17) is 19.6 Å². The van der Waals surface area contributed by atoms with Gasteiger partial charge >= 0.3 is 6.61 Å². The number of amides is 2. The summed E-state index contributed by atoms with van der Waals surface area (Å²) >= 11 is 0. The molecule has 0 radical (unpaired) electrons. The summed E-state index contributed by atoms with van der Waals surface area (Å²) in [6.07, 6.45) is 1.25. The Hall–Kier alpha value is -4.21. The minimum Gasteiger partial charge on any atom is -0.490 e. The van der Waals surface area contributed by atoms with E-state index >= 15 is 0 Å². The van der Waals surface area contributed by atoms with Gasteiger partial charge in [0, 0.05) is 56.3 Å². The van der Waals surface area contributed by atoms with Crippen LogP contribution in [0.3, 0.4) is 0 Å². The number of benzene rings is 2. The van der Waals surface area contributed by atoms with Crippen LogP contribution >= 0.6 is 0 Å². The Labute approximate surface area is 263 Å². The zero-order valence-corrected chi connectivity index (χ0v) is 25.3. The summed E-state index contributed by atoms with van der Waals surface area (Å²) in [5, 5.41) is 5.40. The first-order valence-electron chi connectivity index (χ1n) is 14.9. The minimum absolute atomic E-state index is 0.0221. The maximum absolute atomic E-state index is 14.0. The van der Waals surface area contributed by atoms with Crippen molar-refractivity contribution in [3.05, 3.63) is 65.1 Å². The normalized spacial score (nSPS) is 14.2. The molecule has 3 aromatic rings. The number of hydrogen-bond acceptors (Lipinski definition) is 9. The first kappa shape index (κ1) is 34.7. The molecule has 0 bridgehead atoms. The van der Waals surface area contributed by atoms with Gasteiger partial charge in [-0.15, -0.1) is 0 Å². The number of ether oxygens (including phenoxy) is 3. The second kappa shape index (κ2) is 16.9. The lowest BCUT2D eigenvalue weighted by molar-refractivity contribution is -0.121. The van der Waals surface area contributed by atoms with Crippen molar-refractivity contribution in [2.24, 2.45) is 5.73 Å². The highest BCUT2D eigenvalue weighted by atomic mass is 19.3. The number of carbonyl (C=O) groups excluding carboxylic acids is 2. The Kier molecular flexibility index (Phi) is 12.7. The number of alkyl halides is 2. The number of aromatic nitrogens is 1. The number of carbonyl (C=O) groups is 2. The third kappa shape index (κ3) is 10.2. The molecule has 1 aromatic heterocycles. The highest BCUT2D eigenvalue weighted by Crippen LogP contribution is 2.35. The van der Waals surface area contributed by atoms with Crippen LogP contribution in [0.5, 0.6) is 11.5 Å². The Bertz CT molecular complexity index is 1470. The van der Waals surface area contributed by atoms with Crippen LogP contribution in [0.1, 0.15) is 54.0 Å². The summed E-state index contributed by atoms with van der Waals surface area (Å²) in [6, 6.07) is 6.25. The third-order valence-electron chi connectivity index (χ3n) is 7.05. The smallest absolute Gasteiger partial charge is 0.387 e. The van der Waals surface area contributed by atoms with Gasteiger partial charge in [0.15, 0.2) is 23.0 Å². The molecule has 1 aliphatic heterocycles. The summed E-state index contributed by atoms with van der Waals surface area (Å²) in [6.45, 7) is 2.66. The molecule has 1 saturated heterocycles. The summed E-state index contributed by atoms with van der Waals surface area (Å²) in [5.74, 6) is -2.64. The van der Waals surface area contributed by atoms with Crippen molar-refractivity contribution >= 4 is 11.8 Å². The predicted molar refractivity (Wildman–Crippen MR) is 158 cm³/mol. The van der Waals surface area contributed by atoms with Crippen LogP contribution in [0.25, 0.3) is 11.5 Å². The fourth-order valence-electron chi connectivity index (χ4n) is 4.63. The number of nitrogens with two attached hydrogens (primary N) is 1. The number of rotatable bonds is 16. The summed E-state index contributed by atoms with van der Waals surface area (Å²) in [7, 11) is 0. The fraction of sp³-hybridized carbons (Fsp3) is 0.452. The number of morpholine rings is 1. The summed E-state index contributed by atoms with van der Waals surface area (Å²) < 4.78 is 74.8. The maximum atomic E-state index is 14.0. The Morgan fingerprint density at radius 3 is 2.57 bits per heavy atom. The van der Waals surface area contributed by atoms with Crippen LogP contribution in [-0.2, 0) is 16.1 Å². The van der Waals surface area contributed by atoms with E-state index in [1.165, 1.54) is 24.3 Å². The van der Waals surface area contributed by atoms with Crippen LogP contribution in [0.15, 0.2) is 40.8 Å². The van der Waals surface area contributed by atoms with Crippen LogP contribution in [0.2, 0.25) is 0 Å². The molecule has 0 spiro atoms. The molecule has 1 aliphatic rings. The van der Waals surface area contributed by atoms with Gasteiger partial charge in [0.25, 0.3) is 5.91 Å². The molecule has 46 heavy (non-hydrogen) atoms. The van der Waals surface area contributed by atoms with Crippen molar-refractivity contribution in [3.8, 4) is 23.0 Å². The maximum Gasteiger partial charge on any atom is 0.387 e.